The lowest BCUT2D eigenvalue weighted by molar-refractivity contribution is -0.129. The second-order valence-corrected chi connectivity index (χ2v) is 7.94. The number of carbonyl (C=O) groups is 2. The average molecular weight is 469 g/mol. The van der Waals surface area contributed by atoms with Crippen molar-refractivity contribution >= 4 is 11.7 Å². The number of benzene rings is 1. The maximum Gasteiger partial charge on any atom is 0.290 e. The van der Waals surface area contributed by atoms with Gasteiger partial charge in [-0.15, -0.1) is 0 Å². The third-order valence-electron chi connectivity index (χ3n) is 5.92. The summed E-state index contributed by atoms with van der Waals surface area (Å²) >= 11 is 0. The van der Waals surface area contributed by atoms with Gasteiger partial charge in [0.1, 0.15) is 12.4 Å². The fourth-order valence-electron chi connectivity index (χ4n) is 4.06. The Bertz CT molecular complexity index is 1080. The van der Waals surface area contributed by atoms with E-state index in [0.717, 1.165) is 13.1 Å². The van der Waals surface area contributed by atoms with Gasteiger partial charge in [0.2, 0.25) is 5.78 Å². The summed E-state index contributed by atoms with van der Waals surface area (Å²) in [7, 11) is 1.52. The van der Waals surface area contributed by atoms with E-state index in [1.807, 2.05) is 13.8 Å². The van der Waals surface area contributed by atoms with Crippen molar-refractivity contribution in [1.29, 1.82) is 0 Å². The molecule has 34 heavy (non-hydrogen) atoms. The van der Waals surface area contributed by atoms with Gasteiger partial charge in [0.15, 0.2) is 23.0 Å². The molecule has 1 atom stereocenters. The Balaban J connectivity index is 2.06. The number of aliphatic hydroxyl groups excluding tert-OH is 1. The fraction of sp³-hybridized carbons (Fsp3) is 0.385. The van der Waals surface area contributed by atoms with Crippen molar-refractivity contribution in [3.05, 3.63) is 71.4 Å². The van der Waals surface area contributed by atoms with E-state index in [1.165, 1.54) is 12.0 Å². The molecule has 8 heteroatoms. The lowest BCUT2D eigenvalue weighted by Gasteiger charge is -2.29. The minimum Gasteiger partial charge on any atom is -0.503 e. The van der Waals surface area contributed by atoms with Crippen LogP contribution < -0.4 is 9.47 Å². The van der Waals surface area contributed by atoms with Crippen molar-refractivity contribution in [1.82, 2.24) is 9.80 Å². The number of furan rings is 1. The van der Waals surface area contributed by atoms with Gasteiger partial charge in [-0.25, -0.2) is 0 Å². The first-order valence-electron chi connectivity index (χ1n) is 11.3. The largest absolute Gasteiger partial charge is 0.503 e. The van der Waals surface area contributed by atoms with Crippen molar-refractivity contribution in [2.24, 2.45) is 0 Å². The molecule has 0 spiro atoms. The quantitative estimate of drug-likeness (QED) is 0.371. The zero-order valence-electron chi connectivity index (χ0n) is 20.2. The molecule has 0 saturated carbocycles. The third kappa shape index (κ3) is 5.02. The van der Waals surface area contributed by atoms with Crippen LogP contribution in [0.2, 0.25) is 0 Å². The average Bonchev–Trinajstić information content (AvgIpc) is 3.39. The summed E-state index contributed by atoms with van der Waals surface area (Å²) in [5, 5.41) is 10.8. The molecule has 182 valence electrons. The molecule has 0 bridgehead atoms. The lowest BCUT2D eigenvalue weighted by Crippen LogP contribution is -2.38. The van der Waals surface area contributed by atoms with Gasteiger partial charge >= 0.3 is 0 Å². The highest BCUT2D eigenvalue weighted by atomic mass is 16.5. The Morgan fingerprint density at radius 1 is 1.24 bits per heavy atom. The van der Waals surface area contributed by atoms with Crippen LogP contribution in [0.1, 0.15) is 41.8 Å². The number of ketones is 1. The number of aliphatic hydroxyl groups is 1. The molecule has 1 aliphatic rings. The highest BCUT2D eigenvalue weighted by molar-refractivity contribution is 6.15. The summed E-state index contributed by atoms with van der Waals surface area (Å²) in [6.45, 7) is 12.3. The lowest BCUT2D eigenvalue weighted by atomic mass is 9.94. The highest BCUT2D eigenvalue weighted by Gasteiger charge is 2.44. The molecule has 1 unspecified atom stereocenters. The molecule has 0 aliphatic carbocycles. The van der Waals surface area contributed by atoms with E-state index in [9.17, 15) is 14.7 Å². The van der Waals surface area contributed by atoms with Crippen molar-refractivity contribution in [3.8, 4) is 11.5 Å². The number of carbonyl (C=O) groups excluding carboxylic acids is 2. The molecule has 1 N–H and O–H groups in total. The van der Waals surface area contributed by atoms with Crippen LogP contribution in [-0.4, -0.2) is 66.5 Å². The SMILES string of the molecule is C=CCOc1ccc(C2C(C(=O)c3ccc(C)o3)=C(O)C(=O)N2CCN(CC)CC)cc1OC. The Kier molecular flexibility index (Phi) is 8.17. The molecule has 8 nitrogen and oxygen atoms in total. The number of aryl methyl sites for hydroxylation is 1. The summed E-state index contributed by atoms with van der Waals surface area (Å²) in [6.07, 6.45) is 1.63. The number of hydrogen-bond acceptors (Lipinski definition) is 7. The molecule has 1 aliphatic heterocycles. The predicted molar refractivity (Wildman–Crippen MR) is 128 cm³/mol. The standard InChI is InChI=1S/C26H32N2O6/c1-6-15-33-19-12-10-18(16-21(19)32-5)23-22(24(29)20-11-9-17(4)34-20)25(30)26(31)28(23)14-13-27(7-2)8-3/h6,9-12,16,23,30H,1,7-8,13-15H2,2-5H3. The molecule has 0 saturated heterocycles. The third-order valence-corrected chi connectivity index (χ3v) is 5.92. The minimum atomic E-state index is -0.802. The Hall–Kier alpha value is -3.52. The van der Waals surface area contributed by atoms with E-state index < -0.39 is 23.5 Å². The number of nitrogens with zero attached hydrogens (tertiary/aromatic N) is 2. The summed E-state index contributed by atoms with van der Waals surface area (Å²) < 4.78 is 16.7. The predicted octanol–water partition coefficient (Wildman–Crippen LogP) is 4.08. The maximum atomic E-state index is 13.4. The number of Topliss-reactive ketones (excluding diaryl/α,β-unsaturated/α-hetero) is 1. The van der Waals surface area contributed by atoms with E-state index in [-0.39, 0.29) is 11.3 Å². The van der Waals surface area contributed by atoms with Crippen LogP contribution in [0.3, 0.4) is 0 Å². The van der Waals surface area contributed by atoms with Gasteiger partial charge in [0, 0.05) is 13.1 Å². The number of hydrogen-bond donors (Lipinski definition) is 1. The van der Waals surface area contributed by atoms with Gasteiger partial charge in [-0.1, -0.05) is 32.6 Å². The van der Waals surface area contributed by atoms with E-state index in [2.05, 4.69) is 11.5 Å². The van der Waals surface area contributed by atoms with Crippen LogP contribution >= 0.6 is 0 Å². The van der Waals surface area contributed by atoms with Crippen LogP contribution in [0.15, 0.2) is 58.7 Å². The van der Waals surface area contributed by atoms with Crippen LogP contribution in [0.4, 0.5) is 0 Å². The number of ether oxygens (including phenoxy) is 2. The number of likely N-dealkylation sites (N-methyl/N-ethyl adjacent to an activating group) is 1. The Morgan fingerprint density at radius 3 is 2.56 bits per heavy atom. The zero-order chi connectivity index (χ0) is 24.8. The van der Waals surface area contributed by atoms with Crippen LogP contribution in [0, 0.1) is 6.92 Å². The highest BCUT2D eigenvalue weighted by Crippen LogP contribution is 2.41. The van der Waals surface area contributed by atoms with E-state index >= 15 is 0 Å². The smallest absolute Gasteiger partial charge is 0.290 e. The fourth-order valence-corrected chi connectivity index (χ4v) is 4.06. The first-order valence-corrected chi connectivity index (χ1v) is 11.3. The van der Waals surface area contributed by atoms with Crippen LogP contribution in [-0.2, 0) is 4.79 Å². The molecular weight excluding hydrogens is 436 g/mol. The van der Waals surface area contributed by atoms with Gasteiger partial charge in [-0.2, -0.15) is 0 Å². The maximum absolute atomic E-state index is 13.4. The van der Waals surface area contributed by atoms with Crippen molar-refractivity contribution < 1.29 is 28.6 Å². The van der Waals surface area contributed by atoms with Crippen molar-refractivity contribution in [2.45, 2.75) is 26.8 Å². The van der Waals surface area contributed by atoms with E-state index in [0.29, 0.717) is 42.5 Å². The van der Waals surface area contributed by atoms with Crippen LogP contribution in [0.5, 0.6) is 11.5 Å². The second kappa shape index (κ2) is 11.1. The Labute approximate surface area is 200 Å². The zero-order valence-corrected chi connectivity index (χ0v) is 20.2. The van der Waals surface area contributed by atoms with Gasteiger partial charge in [0.05, 0.1) is 18.7 Å². The molecule has 2 aromatic rings. The first kappa shape index (κ1) is 25.1. The van der Waals surface area contributed by atoms with E-state index in [4.69, 9.17) is 13.9 Å². The van der Waals surface area contributed by atoms with Crippen molar-refractivity contribution in [3.63, 3.8) is 0 Å². The van der Waals surface area contributed by atoms with Gasteiger partial charge in [-0.05, 0) is 49.8 Å². The molecular formula is C26H32N2O6. The molecule has 1 aromatic carbocycles. The minimum absolute atomic E-state index is 0.0132. The summed E-state index contributed by atoms with van der Waals surface area (Å²) in [6, 6.07) is 7.62. The molecule has 0 radical (unpaired) electrons. The second-order valence-electron chi connectivity index (χ2n) is 7.94. The topological polar surface area (TPSA) is 92.5 Å². The monoisotopic (exact) mass is 468 g/mol. The molecule has 2 heterocycles. The van der Waals surface area contributed by atoms with Crippen molar-refractivity contribution in [2.75, 3.05) is 39.9 Å². The summed E-state index contributed by atoms with van der Waals surface area (Å²) in [4.78, 5) is 30.2. The number of amides is 1. The van der Waals surface area contributed by atoms with Gasteiger partial charge < -0.3 is 28.8 Å². The summed E-state index contributed by atoms with van der Waals surface area (Å²) in [5.74, 6) is -0.0895. The van der Waals surface area contributed by atoms with Gasteiger partial charge in [-0.3, -0.25) is 9.59 Å². The molecule has 3 rings (SSSR count). The molecule has 0 fully saturated rings. The summed E-state index contributed by atoms with van der Waals surface area (Å²) in [5.41, 5.74) is 0.604. The first-order chi connectivity index (χ1) is 16.4. The molecule has 1 aromatic heterocycles. The Morgan fingerprint density at radius 2 is 1.97 bits per heavy atom. The normalized spacial score (nSPS) is 15.9. The molecule has 1 amide bonds. The number of rotatable bonds is 12. The van der Waals surface area contributed by atoms with Gasteiger partial charge in [0.25, 0.3) is 5.91 Å². The van der Waals surface area contributed by atoms with E-state index in [1.54, 1.807) is 43.3 Å². The van der Waals surface area contributed by atoms with Crippen LogP contribution in [0.25, 0.3) is 0 Å². The number of methoxy groups -OCH3 is 1.